The lowest BCUT2D eigenvalue weighted by molar-refractivity contribution is 0.215. The van der Waals surface area contributed by atoms with E-state index in [9.17, 15) is 0 Å². The number of ether oxygens (including phenoxy) is 1. The SMILES string of the molecule is CCNC(=NCc1ccc(C)cc1OC(C)CC)NCc1nncn1CC.I. The molecule has 0 spiro atoms. The van der Waals surface area contributed by atoms with Crippen molar-refractivity contribution in [3.63, 3.8) is 0 Å². The van der Waals surface area contributed by atoms with Crippen molar-refractivity contribution in [3.8, 4) is 5.75 Å². The van der Waals surface area contributed by atoms with E-state index in [1.54, 1.807) is 6.33 Å². The van der Waals surface area contributed by atoms with Gasteiger partial charge in [-0.1, -0.05) is 19.1 Å². The largest absolute Gasteiger partial charge is 0.490 e. The Labute approximate surface area is 185 Å². The molecule has 2 aromatic rings. The van der Waals surface area contributed by atoms with Gasteiger partial charge in [0.05, 0.1) is 19.2 Å². The number of guanidine groups is 1. The highest BCUT2D eigenvalue weighted by atomic mass is 127. The highest BCUT2D eigenvalue weighted by Gasteiger charge is 2.09. The van der Waals surface area contributed by atoms with Crippen LogP contribution in [0.4, 0.5) is 0 Å². The van der Waals surface area contributed by atoms with Crippen LogP contribution >= 0.6 is 24.0 Å². The number of nitrogens with one attached hydrogen (secondary N) is 2. The molecule has 0 aliphatic heterocycles. The molecule has 0 aliphatic rings. The molecule has 0 aliphatic carbocycles. The van der Waals surface area contributed by atoms with Gasteiger partial charge in [-0.05, 0) is 45.7 Å². The van der Waals surface area contributed by atoms with E-state index in [-0.39, 0.29) is 30.1 Å². The van der Waals surface area contributed by atoms with Crippen LogP contribution in [-0.2, 0) is 19.6 Å². The van der Waals surface area contributed by atoms with Gasteiger partial charge in [0.1, 0.15) is 12.1 Å². The minimum Gasteiger partial charge on any atom is -0.490 e. The fraction of sp³-hybridized carbons (Fsp3) is 0.550. The summed E-state index contributed by atoms with van der Waals surface area (Å²) in [7, 11) is 0. The smallest absolute Gasteiger partial charge is 0.191 e. The lowest BCUT2D eigenvalue weighted by Crippen LogP contribution is -2.37. The maximum absolute atomic E-state index is 6.09. The maximum atomic E-state index is 6.09. The lowest BCUT2D eigenvalue weighted by Gasteiger charge is -2.17. The molecule has 1 aromatic heterocycles. The van der Waals surface area contributed by atoms with Crippen molar-refractivity contribution >= 4 is 29.9 Å². The third-order valence-corrected chi connectivity index (χ3v) is 4.33. The predicted molar refractivity (Wildman–Crippen MR) is 124 cm³/mol. The van der Waals surface area contributed by atoms with Gasteiger partial charge in [-0.15, -0.1) is 34.2 Å². The van der Waals surface area contributed by atoms with Crippen molar-refractivity contribution in [2.24, 2.45) is 4.99 Å². The van der Waals surface area contributed by atoms with E-state index in [1.165, 1.54) is 5.56 Å². The minimum atomic E-state index is 0. The Hall–Kier alpha value is -1.84. The molecule has 0 saturated heterocycles. The van der Waals surface area contributed by atoms with E-state index in [1.807, 2.05) is 4.57 Å². The van der Waals surface area contributed by atoms with E-state index in [0.29, 0.717) is 13.1 Å². The van der Waals surface area contributed by atoms with E-state index in [0.717, 1.165) is 42.6 Å². The number of aliphatic imine (C=N–C) groups is 1. The van der Waals surface area contributed by atoms with Crippen LogP contribution in [0.3, 0.4) is 0 Å². The zero-order chi connectivity index (χ0) is 19.6. The van der Waals surface area contributed by atoms with E-state index in [4.69, 9.17) is 9.73 Å². The summed E-state index contributed by atoms with van der Waals surface area (Å²) in [4.78, 5) is 4.72. The normalized spacial score (nSPS) is 12.2. The first-order valence-corrected chi connectivity index (χ1v) is 9.72. The second kappa shape index (κ2) is 12.6. The molecule has 0 amide bonds. The molecular weight excluding hydrogens is 467 g/mol. The molecule has 28 heavy (non-hydrogen) atoms. The summed E-state index contributed by atoms with van der Waals surface area (Å²) in [6, 6.07) is 6.27. The first-order chi connectivity index (χ1) is 13.1. The van der Waals surface area contributed by atoms with Gasteiger partial charge in [-0.2, -0.15) is 0 Å². The summed E-state index contributed by atoms with van der Waals surface area (Å²) in [5.41, 5.74) is 2.26. The van der Waals surface area contributed by atoms with Crippen LogP contribution < -0.4 is 15.4 Å². The van der Waals surface area contributed by atoms with Crippen LogP contribution in [0.5, 0.6) is 5.75 Å². The predicted octanol–water partition coefficient (Wildman–Crippen LogP) is 3.66. The van der Waals surface area contributed by atoms with Crippen LogP contribution in [0.1, 0.15) is 51.1 Å². The highest BCUT2D eigenvalue weighted by Crippen LogP contribution is 2.23. The maximum Gasteiger partial charge on any atom is 0.191 e. The van der Waals surface area contributed by atoms with Crippen molar-refractivity contribution in [1.29, 1.82) is 0 Å². The molecule has 8 heteroatoms. The zero-order valence-electron chi connectivity index (χ0n) is 17.5. The summed E-state index contributed by atoms with van der Waals surface area (Å²) in [6.45, 7) is 13.2. The summed E-state index contributed by atoms with van der Waals surface area (Å²) >= 11 is 0. The standard InChI is InChI=1S/C20H32N6O.HI/c1-6-16(5)27-18-11-15(4)9-10-17(18)12-22-20(21-7-2)23-13-19-25-24-14-26(19)8-3;/h9-11,14,16H,6-8,12-13H2,1-5H3,(H2,21,22,23);1H. The molecule has 2 N–H and O–H groups in total. The number of halogens is 1. The molecule has 0 fully saturated rings. The Balaban J connectivity index is 0.00000392. The van der Waals surface area contributed by atoms with Gasteiger partial charge < -0.3 is 19.9 Å². The Morgan fingerprint density at radius 3 is 2.71 bits per heavy atom. The van der Waals surface area contributed by atoms with Gasteiger partial charge in [0.25, 0.3) is 0 Å². The minimum absolute atomic E-state index is 0. The van der Waals surface area contributed by atoms with Gasteiger partial charge in [0, 0.05) is 18.7 Å². The lowest BCUT2D eigenvalue weighted by atomic mass is 10.1. The third kappa shape index (κ3) is 7.29. The quantitative estimate of drug-likeness (QED) is 0.312. The van der Waals surface area contributed by atoms with Crippen LogP contribution in [0, 0.1) is 6.92 Å². The second-order valence-electron chi connectivity index (χ2n) is 6.53. The summed E-state index contributed by atoms with van der Waals surface area (Å²) in [6.07, 6.45) is 2.89. The Bertz CT molecular complexity index is 746. The van der Waals surface area contributed by atoms with Crippen LogP contribution in [0.15, 0.2) is 29.5 Å². The van der Waals surface area contributed by atoms with Gasteiger partial charge >= 0.3 is 0 Å². The highest BCUT2D eigenvalue weighted by molar-refractivity contribution is 14.0. The molecular formula is C20H33IN6O. The number of aryl methyl sites for hydroxylation is 2. The summed E-state index contributed by atoms with van der Waals surface area (Å²) < 4.78 is 8.09. The van der Waals surface area contributed by atoms with Crippen LogP contribution in [-0.4, -0.2) is 33.4 Å². The Morgan fingerprint density at radius 2 is 2.04 bits per heavy atom. The molecule has 0 radical (unpaired) electrons. The first kappa shape index (κ1) is 24.2. The molecule has 156 valence electrons. The van der Waals surface area contributed by atoms with E-state index in [2.05, 4.69) is 73.6 Å². The number of benzene rings is 1. The number of hydrogen-bond donors (Lipinski definition) is 2. The molecule has 2 rings (SSSR count). The fourth-order valence-electron chi connectivity index (χ4n) is 2.55. The van der Waals surface area contributed by atoms with E-state index >= 15 is 0 Å². The number of aromatic nitrogens is 3. The molecule has 0 saturated carbocycles. The van der Waals surface area contributed by atoms with Gasteiger partial charge in [-0.25, -0.2) is 4.99 Å². The van der Waals surface area contributed by atoms with Crippen molar-refractivity contribution in [1.82, 2.24) is 25.4 Å². The van der Waals surface area contributed by atoms with Crippen molar-refractivity contribution < 1.29 is 4.74 Å². The third-order valence-electron chi connectivity index (χ3n) is 4.33. The van der Waals surface area contributed by atoms with Crippen LogP contribution in [0.2, 0.25) is 0 Å². The van der Waals surface area contributed by atoms with Crippen molar-refractivity contribution in [3.05, 3.63) is 41.5 Å². The average molecular weight is 500 g/mol. The fourth-order valence-corrected chi connectivity index (χ4v) is 2.55. The first-order valence-electron chi connectivity index (χ1n) is 9.72. The van der Waals surface area contributed by atoms with Gasteiger partial charge in [0.2, 0.25) is 0 Å². The second-order valence-corrected chi connectivity index (χ2v) is 6.53. The summed E-state index contributed by atoms with van der Waals surface area (Å²) in [5.74, 6) is 2.55. The molecule has 1 atom stereocenters. The molecule has 1 heterocycles. The molecule has 7 nitrogen and oxygen atoms in total. The number of nitrogens with zero attached hydrogens (tertiary/aromatic N) is 4. The number of rotatable bonds is 9. The van der Waals surface area contributed by atoms with Gasteiger partial charge in [-0.3, -0.25) is 0 Å². The number of hydrogen-bond acceptors (Lipinski definition) is 4. The van der Waals surface area contributed by atoms with E-state index < -0.39 is 0 Å². The Morgan fingerprint density at radius 1 is 1.25 bits per heavy atom. The molecule has 1 unspecified atom stereocenters. The van der Waals surface area contributed by atoms with Crippen molar-refractivity contribution in [2.45, 2.75) is 66.8 Å². The monoisotopic (exact) mass is 500 g/mol. The van der Waals surface area contributed by atoms with Crippen LogP contribution in [0.25, 0.3) is 0 Å². The van der Waals surface area contributed by atoms with Gasteiger partial charge in [0.15, 0.2) is 11.8 Å². The molecule has 1 aromatic carbocycles. The average Bonchev–Trinajstić information content (AvgIpc) is 3.12. The Kier molecular flexibility index (Phi) is 10.9. The summed E-state index contributed by atoms with van der Waals surface area (Å²) in [5, 5.41) is 14.7. The topological polar surface area (TPSA) is 76.4 Å². The molecule has 0 bridgehead atoms. The van der Waals surface area contributed by atoms with Crippen molar-refractivity contribution in [2.75, 3.05) is 6.54 Å². The zero-order valence-corrected chi connectivity index (χ0v) is 19.9.